The second-order valence-corrected chi connectivity index (χ2v) is 5.13. The molecule has 1 aliphatic carbocycles. The molecule has 0 aliphatic heterocycles. The first-order valence-corrected chi connectivity index (χ1v) is 6.82. The first-order chi connectivity index (χ1) is 10.1. The normalized spacial score (nSPS) is 15.4. The van der Waals surface area contributed by atoms with Gasteiger partial charge in [-0.25, -0.2) is 0 Å². The van der Waals surface area contributed by atoms with E-state index in [9.17, 15) is 0 Å². The predicted molar refractivity (Wildman–Crippen MR) is 82.3 cm³/mol. The summed E-state index contributed by atoms with van der Waals surface area (Å²) in [5.41, 5.74) is 11.9. The molecule has 0 amide bonds. The highest BCUT2D eigenvalue weighted by Crippen LogP contribution is 2.54. The zero-order valence-electron chi connectivity index (χ0n) is 12.7. The van der Waals surface area contributed by atoms with Crippen LogP contribution in [0.1, 0.15) is 22.7 Å². The molecule has 0 bridgehead atoms. The Bertz CT molecular complexity index is 710. The molecule has 0 saturated carbocycles. The molecule has 1 aliphatic rings. The highest BCUT2D eigenvalue weighted by atomic mass is 16.5. The first kappa shape index (κ1) is 13.8. The van der Waals surface area contributed by atoms with Gasteiger partial charge in [-0.3, -0.25) is 0 Å². The SMILES string of the molecule is COc1cc2c(c(OC)c1OC)-c1c(C)cccc1C2N. The lowest BCUT2D eigenvalue weighted by Gasteiger charge is -2.17. The van der Waals surface area contributed by atoms with E-state index in [1.807, 2.05) is 12.1 Å². The van der Waals surface area contributed by atoms with Gasteiger partial charge in [0.2, 0.25) is 5.75 Å². The van der Waals surface area contributed by atoms with Crippen LogP contribution in [0.4, 0.5) is 0 Å². The molecular weight excluding hydrogens is 266 g/mol. The van der Waals surface area contributed by atoms with Crippen molar-refractivity contribution in [2.45, 2.75) is 13.0 Å². The van der Waals surface area contributed by atoms with Crippen molar-refractivity contribution in [3.05, 3.63) is 41.0 Å². The van der Waals surface area contributed by atoms with Crippen LogP contribution in [0.5, 0.6) is 17.2 Å². The van der Waals surface area contributed by atoms with E-state index in [-0.39, 0.29) is 6.04 Å². The molecule has 1 atom stereocenters. The van der Waals surface area contributed by atoms with Crippen LogP contribution < -0.4 is 19.9 Å². The fraction of sp³-hybridized carbons (Fsp3) is 0.294. The van der Waals surface area contributed by atoms with E-state index >= 15 is 0 Å². The van der Waals surface area contributed by atoms with Gasteiger partial charge >= 0.3 is 0 Å². The molecule has 0 heterocycles. The predicted octanol–water partition coefficient (Wildman–Crippen LogP) is 3.05. The third kappa shape index (κ3) is 1.79. The molecule has 1 unspecified atom stereocenters. The first-order valence-electron chi connectivity index (χ1n) is 6.82. The number of hydrogen-bond donors (Lipinski definition) is 1. The Kier molecular flexibility index (Phi) is 3.26. The molecular formula is C17H19NO3. The van der Waals surface area contributed by atoms with Gasteiger partial charge in [0.15, 0.2) is 11.5 Å². The largest absolute Gasteiger partial charge is 0.493 e. The van der Waals surface area contributed by atoms with Gasteiger partial charge in [0.1, 0.15) is 0 Å². The van der Waals surface area contributed by atoms with E-state index in [1.165, 1.54) is 5.56 Å². The summed E-state index contributed by atoms with van der Waals surface area (Å²) in [5.74, 6) is 1.91. The van der Waals surface area contributed by atoms with E-state index in [2.05, 4.69) is 19.1 Å². The average molecular weight is 285 g/mol. The van der Waals surface area contributed by atoms with E-state index in [0.717, 1.165) is 22.3 Å². The highest BCUT2D eigenvalue weighted by Gasteiger charge is 2.33. The van der Waals surface area contributed by atoms with Crippen molar-refractivity contribution in [3.63, 3.8) is 0 Å². The number of benzene rings is 2. The summed E-state index contributed by atoms with van der Waals surface area (Å²) in [6.07, 6.45) is 0. The van der Waals surface area contributed by atoms with Crippen molar-refractivity contribution in [3.8, 4) is 28.4 Å². The summed E-state index contributed by atoms with van der Waals surface area (Å²) >= 11 is 0. The van der Waals surface area contributed by atoms with Crippen LogP contribution in [0.2, 0.25) is 0 Å². The Morgan fingerprint density at radius 3 is 2.24 bits per heavy atom. The minimum absolute atomic E-state index is 0.177. The van der Waals surface area contributed by atoms with Gasteiger partial charge in [-0.1, -0.05) is 18.2 Å². The quantitative estimate of drug-likeness (QED) is 0.941. The Morgan fingerprint density at radius 1 is 0.905 bits per heavy atom. The summed E-state index contributed by atoms with van der Waals surface area (Å²) in [5, 5.41) is 0. The van der Waals surface area contributed by atoms with E-state index < -0.39 is 0 Å². The lowest BCUT2D eigenvalue weighted by Crippen LogP contribution is -2.08. The van der Waals surface area contributed by atoms with Crippen LogP contribution in [0.15, 0.2) is 24.3 Å². The second-order valence-electron chi connectivity index (χ2n) is 5.13. The lowest BCUT2D eigenvalue weighted by molar-refractivity contribution is 0.325. The minimum atomic E-state index is -0.177. The zero-order chi connectivity index (χ0) is 15.1. The number of methoxy groups -OCH3 is 3. The Labute approximate surface area is 124 Å². The molecule has 4 nitrogen and oxygen atoms in total. The van der Waals surface area contributed by atoms with Crippen molar-refractivity contribution in [1.82, 2.24) is 0 Å². The van der Waals surface area contributed by atoms with E-state index in [0.29, 0.717) is 17.2 Å². The topological polar surface area (TPSA) is 53.7 Å². The van der Waals surface area contributed by atoms with Crippen LogP contribution in [-0.4, -0.2) is 21.3 Å². The summed E-state index contributed by atoms with van der Waals surface area (Å²) < 4.78 is 16.5. The molecule has 2 aromatic carbocycles. The van der Waals surface area contributed by atoms with Gasteiger partial charge in [0, 0.05) is 5.56 Å². The third-order valence-electron chi connectivity index (χ3n) is 4.09. The maximum atomic E-state index is 6.41. The summed E-state index contributed by atoms with van der Waals surface area (Å²) in [6, 6.07) is 7.94. The smallest absolute Gasteiger partial charge is 0.203 e. The lowest BCUT2D eigenvalue weighted by atomic mass is 9.99. The Morgan fingerprint density at radius 2 is 1.62 bits per heavy atom. The van der Waals surface area contributed by atoms with Crippen molar-refractivity contribution >= 4 is 0 Å². The fourth-order valence-electron chi connectivity index (χ4n) is 3.14. The molecule has 2 N–H and O–H groups in total. The number of hydrogen-bond acceptors (Lipinski definition) is 4. The van der Waals surface area contributed by atoms with Gasteiger partial charge < -0.3 is 19.9 Å². The molecule has 0 radical (unpaired) electrons. The fourth-order valence-corrected chi connectivity index (χ4v) is 3.14. The van der Waals surface area contributed by atoms with Crippen LogP contribution in [0.25, 0.3) is 11.1 Å². The van der Waals surface area contributed by atoms with Crippen molar-refractivity contribution in [1.29, 1.82) is 0 Å². The molecule has 0 saturated heterocycles. The van der Waals surface area contributed by atoms with Crippen LogP contribution >= 0.6 is 0 Å². The van der Waals surface area contributed by atoms with Gasteiger partial charge in [0.25, 0.3) is 0 Å². The Balaban J connectivity index is 2.41. The maximum absolute atomic E-state index is 6.41. The molecule has 0 spiro atoms. The van der Waals surface area contributed by atoms with Crippen LogP contribution in [0, 0.1) is 6.92 Å². The number of ether oxygens (including phenoxy) is 3. The Hall–Kier alpha value is -2.20. The maximum Gasteiger partial charge on any atom is 0.203 e. The van der Waals surface area contributed by atoms with Crippen molar-refractivity contribution in [2.75, 3.05) is 21.3 Å². The van der Waals surface area contributed by atoms with Gasteiger partial charge in [0.05, 0.1) is 27.4 Å². The standard InChI is InChI=1S/C17H19NO3/c1-9-6-5-7-10-13(9)14-11(15(10)18)8-12(19-2)16(20-3)17(14)21-4/h5-8,15H,18H2,1-4H3. The molecule has 110 valence electrons. The molecule has 2 aromatic rings. The van der Waals surface area contributed by atoms with Gasteiger partial charge in [-0.05, 0) is 35.2 Å². The van der Waals surface area contributed by atoms with Crippen LogP contribution in [-0.2, 0) is 0 Å². The number of rotatable bonds is 3. The summed E-state index contributed by atoms with van der Waals surface area (Å²) in [7, 11) is 4.86. The van der Waals surface area contributed by atoms with Gasteiger partial charge in [-0.2, -0.15) is 0 Å². The van der Waals surface area contributed by atoms with Crippen molar-refractivity contribution < 1.29 is 14.2 Å². The zero-order valence-corrected chi connectivity index (χ0v) is 12.7. The molecule has 4 heteroatoms. The average Bonchev–Trinajstić information content (AvgIpc) is 2.79. The van der Waals surface area contributed by atoms with Crippen molar-refractivity contribution in [2.24, 2.45) is 5.73 Å². The highest BCUT2D eigenvalue weighted by molar-refractivity contribution is 5.88. The summed E-state index contributed by atoms with van der Waals surface area (Å²) in [6.45, 7) is 2.08. The molecule has 0 aromatic heterocycles. The monoisotopic (exact) mass is 285 g/mol. The molecule has 21 heavy (non-hydrogen) atoms. The molecule has 3 rings (SSSR count). The van der Waals surface area contributed by atoms with E-state index in [4.69, 9.17) is 19.9 Å². The minimum Gasteiger partial charge on any atom is -0.493 e. The third-order valence-corrected chi connectivity index (χ3v) is 4.09. The van der Waals surface area contributed by atoms with E-state index in [1.54, 1.807) is 21.3 Å². The number of nitrogens with two attached hydrogens (primary N) is 1. The molecule has 0 fully saturated rings. The van der Waals surface area contributed by atoms with Gasteiger partial charge in [-0.15, -0.1) is 0 Å². The van der Waals surface area contributed by atoms with Crippen LogP contribution in [0.3, 0.4) is 0 Å². The number of fused-ring (bicyclic) bond motifs is 3. The summed E-state index contributed by atoms with van der Waals surface area (Å²) in [4.78, 5) is 0. The number of aryl methyl sites for hydroxylation is 1. The second kappa shape index (κ2) is 4.97.